The molecule has 1 amide bonds. The van der Waals surface area contributed by atoms with Crippen LogP contribution >= 0.6 is 11.8 Å². The fourth-order valence-corrected chi connectivity index (χ4v) is 3.32. The smallest absolute Gasteiger partial charge is 0.548 e. The van der Waals surface area contributed by atoms with Crippen LogP contribution in [0.25, 0.3) is 0 Å². The molecule has 0 spiro atoms. The van der Waals surface area contributed by atoms with Crippen LogP contribution in [0.1, 0.15) is 30.6 Å². The van der Waals surface area contributed by atoms with Gasteiger partial charge in [0.15, 0.2) is 11.5 Å². The van der Waals surface area contributed by atoms with Crippen LogP contribution in [0.5, 0.6) is 11.5 Å². The minimum Gasteiger partial charge on any atom is -0.548 e. The van der Waals surface area contributed by atoms with E-state index >= 15 is 0 Å². The molecular formula is C15H18NNaO5S. The Morgan fingerprint density at radius 1 is 1.35 bits per heavy atom. The first-order chi connectivity index (χ1) is 10.6. The number of carboxylic acid groups (broad SMARTS) is 1. The fourth-order valence-electron chi connectivity index (χ4n) is 2.12. The molecule has 0 bridgehead atoms. The van der Waals surface area contributed by atoms with E-state index in [-0.39, 0.29) is 53.3 Å². The summed E-state index contributed by atoms with van der Waals surface area (Å²) in [7, 11) is 0. The number of fused-ring (bicyclic) bond motifs is 1. The van der Waals surface area contributed by atoms with Gasteiger partial charge < -0.3 is 24.7 Å². The number of rotatable bonds is 8. The molecule has 0 radical (unpaired) electrons. The van der Waals surface area contributed by atoms with Crippen molar-refractivity contribution < 1.29 is 53.7 Å². The molecule has 6 nitrogen and oxygen atoms in total. The van der Waals surface area contributed by atoms with Gasteiger partial charge in [0.2, 0.25) is 12.7 Å². The summed E-state index contributed by atoms with van der Waals surface area (Å²) in [5.41, 5.74) is 1.07. The minimum atomic E-state index is -1.29. The second kappa shape index (κ2) is 10.1. The van der Waals surface area contributed by atoms with E-state index in [1.807, 2.05) is 18.2 Å². The average molecular weight is 347 g/mol. The normalized spacial score (nSPS) is 13.1. The molecule has 8 heteroatoms. The molecular weight excluding hydrogens is 329 g/mol. The fraction of sp³-hybridized carbons (Fsp3) is 0.467. The third kappa shape index (κ3) is 6.25. The van der Waals surface area contributed by atoms with Gasteiger partial charge in [0.1, 0.15) is 0 Å². The Balaban J connectivity index is 0.00000264. The largest absolute Gasteiger partial charge is 1.00 e. The maximum atomic E-state index is 11.6. The Labute approximate surface area is 161 Å². The third-order valence-electron chi connectivity index (χ3n) is 3.16. The standard InChI is InChI=1S/C15H19NO5S.Na/c1-2-3-13(22-8-14(17)16-7-15(18)19)10-4-5-11-12(6-10)21-9-20-11;/h4-6,13H,2-3,7-9H2,1H3,(H,16,17)(H,18,19);/q;+1/p-1. The number of carbonyl (C=O) groups is 2. The number of benzene rings is 1. The van der Waals surface area contributed by atoms with Crippen LogP contribution in [-0.4, -0.2) is 31.0 Å². The van der Waals surface area contributed by atoms with Crippen molar-refractivity contribution in [2.24, 2.45) is 0 Å². The number of thioether (sulfide) groups is 1. The summed E-state index contributed by atoms with van der Waals surface area (Å²) < 4.78 is 10.7. The van der Waals surface area contributed by atoms with Crippen molar-refractivity contribution in [2.45, 2.75) is 25.0 Å². The molecule has 1 aliphatic rings. The number of carbonyl (C=O) groups excluding carboxylic acids is 2. The number of hydrogen-bond acceptors (Lipinski definition) is 6. The monoisotopic (exact) mass is 347 g/mol. The van der Waals surface area contributed by atoms with Crippen molar-refractivity contribution in [1.82, 2.24) is 5.32 Å². The first kappa shape index (κ1) is 20.2. The van der Waals surface area contributed by atoms with E-state index in [0.29, 0.717) is 0 Å². The van der Waals surface area contributed by atoms with Crippen molar-refractivity contribution in [3.8, 4) is 11.5 Å². The molecule has 1 aromatic carbocycles. The molecule has 0 aliphatic carbocycles. The van der Waals surface area contributed by atoms with Crippen LogP contribution in [0.3, 0.4) is 0 Å². The van der Waals surface area contributed by atoms with Crippen LogP contribution in [0.4, 0.5) is 0 Å². The quantitative estimate of drug-likeness (QED) is 0.540. The first-order valence-corrected chi connectivity index (χ1v) is 8.12. The minimum absolute atomic E-state index is 0. The maximum absolute atomic E-state index is 11.6. The zero-order valence-electron chi connectivity index (χ0n) is 13.3. The van der Waals surface area contributed by atoms with E-state index in [2.05, 4.69) is 12.2 Å². The summed E-state index contributed by atoms with van der Waals surface area (Å²) in [6.45, 7) is 1.86. The Bertz CT molecular complexity index is 555. The van der Waals surface area contributed by atoms with E-state index in [0.717, 1.165) is 29.9 Å². The third-order valence-corrected chi connectivity index (χ3v) is 4.50. The molecule has 0 saturated carbocycles. The van der Waals surface area contributed by atoms with Gasteiger partial charge in [-0.15, -0.1) is 11.8 Å². The summed E-state index contributed by atoms with van der Waals surface area (Å²) in [6.07, 6.45) is 1.89. The van der Waals surface area contributed by atoms with E-state index < -0.39 is 12.5 Å². The number of hydrogen-bond donors (Lipinski definition) is 1. The summed E-state index contributed by atoms with van der Waals surface area (Å²) in [4.78, 5) is 21.9. The van der Waals surface area contributed by atoms with Gasteiger partial charge in [0.25, 0.3) is 0 Å². The topological polar surface area (TPSA) is 87.7 Å². The Kier molecular flexibility index (Phi) is 8.83. The van der Waals surface area contributed by atoms with Gasteiger partial charge in [-0.2, -0.15) is 0 Å². The number of ether oxygens (including phenoxy) is 2. The zero-order chi connectivity index (χ0) is 15.9. The second-order valence-corrected chi connectivity index (χ2v) is 6.04. The predicted octanol–water partition coefficient (Wildman–Crippen LogP) is -2.14. The molecule has 1 N–H and O–H groups in total. The summed E-state index contributed by atoms with van der Waals surface area (Å²) in [6, 6.07) is 5.78. The van der Waals surface area contributed by atoms with Gasteiger partial charge in [-0.3, -0.25) is 4.79 Å². The average Bonchev–Trinajstić information content (AvgIpc) is 2.96. The van der Waals surface area contributed by atoms with Gasteiger partial charge in [0, 0.05) is 5.25 Å². The summed E-state index contributed by atoms with van der Waals surface area (Å²) in [5.74, 6) is 0.0541. The number of carboxylic acids is 1. The van der Waals surface area contributed by atoms with Crippen molar-refractivity contribution in [1.29, 1.82) is 0 Å². The van der Waals surface area contributed by atoms with Crippen LogP contribution in [0.15, 0.2) is 18.2 Å². The molecule has 23 heavy (non-hydrogen) atoms. The van der Waals surface area contributed by atoms with Gasteiger partial charge in [-0.1, -0.05) is 19.4 Å². The van der Waals surface area contributed by atoms with E-state index in [1.54, 1.807) is 0 Å². The van der Waals surface area contributed by atoms with Gasteiger partial charge >= 0.3 is 29.6 Å². The van der Waals surface area contributed by atoms with Crippen LogP contribution < -0.4 is 49.5 Å². The van der Waals surface area contributed by atoms with Gasteiger partial charge in [0.05, 0.1) is 18.3 Å². The molecule has 1 unspecified atom stereocenters. The number of amides is 1. The van der Waals surface area contributed by atoms with E-state index in [9.17, 15) is 14.7 Å². The Morgan fingerprint density at radius 2 is 2.09 bits per heavy atom. The maximum Gasteiger partial charge on any atom is 1.00 e. The Hall–Kier alpha value is -0.890. The predicted molar refractivity (Wildman–Crippen MR) is 80.7 cm³/mol. The van der Waals surface area contributed by atoms with Crippen molar-refractivity contribution in [3.05, 3.63) is 23.8 Å². The molecule has 0 saturated heterocycles. The molecule has 2 rings (SSSR count). The molecule has 1 heterocycles. The molecule has 1 aliphatic heterocycles. The summed E-state index contributed by atoms with van der Waals surface area (Å²) >= 11 is 1.48. The van der Waals surface area contributed by atoms with E-state index in [1.165, 1.54) is 11.8 Å². The number of nitrogens with one attached hydrogen (secondary N) is 1. The van der Waals surface area contributed by atoms with Crippen LogP contribution in [0, 0.1) is 0 Å². The molecule has 0 fully saturated rings. The summed E-state index contributed by atoms with van der Waals surface area (Å²) in [5, 5.41) is 12.8. The van der Waals surface area contributed by atoms with Crippen LogP contribution in [-0.2, 0) is 9.59 Å². The second-order valence-electron chi connectivity index (χ2n) is 4.85. The zero-order valence-corrected chi connectivity index (χ0v) is 16.1. The van der Waals surface area contributed by atoms with Gasteiger partial charge in [-0.25, -0.2) is 0 Å². The SMILES string of the molecule is CCCC(SCC(=O)NCC(=O)[O-])c1ccc2c(c1)OCO2.[Na+]. The van der Waals surface area contributed by atoms with Crippen molar-refractivity contribution in [2.75, 3.05) is 19.1 Å². The van der Waals surface area contributed by atoms with E-state index in [4.69, 9.17) is 9.47 Å². The van der Waals surface area contributed by atoms with Crippen molar-refractivity contribution >= 4 is 23.6 Å². The molecule has 1 atom stereocenters. The molecule has 1 aromatic rings. The molecule has 120 valence electrons. The number of aliphatic carboxylic acids is 1. The van der Waals surface area contributed by atoms with Gasteiger partial charge in [-0.05, 0) is 24.1 Å². The van der Waals surface area contributed by atoms with Crippen LogP contribution in [0.2, 0.25) is 0 Å². The van der Waals surface area contributed by atoms with Crippen molar-refractivity contribution in [3.63, 3.8) is 0 Å². The first-order valence-electron chi connectivity index (χ1n) is 7.08. The molecule has 0 aromatic heterocycles. The Morgan fingerprint density at radius 3 is 2.78 bits per heavy atom.